The fourth-order valence-electron chi connectivity index (χ4n) is 4.99. The Morgan fingerprint density at radius 3 is 2.26 bits per heavy atom. The maximum atomic E-state index is 10.5. The molecule has 6 rings (SSSR count). The first-order valence-electron chi connectivity index (χ1n) is 11.7. The van der Waals surface area contributed by atoms with Crippen LogP contribution in [0, 0.1) is 18.8 Å². The Morgan fingerprint density at radius 2 is 1.63 bits per heavy atom. The number of aromatic nitrogens is 3. The van der Waals surface area contributed by atoms with Crippen LogP contribution in [-0.2, 0) is 10.1 Å². The van der Waals surface area contributed by atoms with Crippen LogP contribution in [0.2, 0.25) is 0 Å². The smallest absolute Gasteiger partial charge is 0.294 e. The van der Waals surface area contributed by atoms with Crippen molar-refractivity contribution >= 4 is 26.8 Å². The highest BCUT2D eigenvalue weighted by molar-refractivity contribution is 7.85. The van der Waals surface area contributed by atoms with E-state index in [-0.39, 0.29) is 4.90 Å². The predicted octanol–water partition coefficient (Wildman–Crippen LogP) is 3.86. The second-order valence-electron chi connectivity index (χ2n) is 9.49. The van der Waals surface area contributed by atoms with Crippen LogP contribution in [0.4, 0.5) is 5.82 Å². The van der Waals surface area contributed by atoms with Crippen LogP contribution >= 0.6 is 0 Å². The third-order valence-corrected chi connectivity index (χ3v) is 7.68. The molecule has 9 heteroatoms. The summed E-state index contributed by atoms with van der Waals surface area (Å²) in [6.45, 7) is 6.48. The topological polar surface area (TPSA) is 102 Å². The molecule has 2 aromatic carbocycles. The molecule has 8 nitrogen and oxygen atoms in total. The summed E-state index contributed by atoms with van der Waals surface area (Å²) in [6.07, 6.45) is 1.96. The number of hydrogen-bond acceptors (Lipinski definition) is 6. The number of H-pyrrole nitrogens is 1. The molecule has 0 amide bonds. The summed E-state index contributed by atoms with van der Waals surface area (Å²) < 4.78 is 29.6. The maximum absolute atomic E-state index is 10.5. The average Bonchev–Trinajstić information content (AvgIpc) is 3.53. The van der Waals surface area contributed by atoms with Crippen molar-refractivity contribution in [1.29, 1.82) is 0 Å². The van der Waals surface area contributed by atoms with Crippen LogP contribution in [0.5, 0.6) is 0 Å². The number of hydrogen-bond donors (Lipinski definition) is 2. The predicted molar refractivity (Wildman–Crippen MR) is 137 cm³/mol. The van der Waals surface area contributed by atoms with Gasteiger partial charge < -0.3 is 14.8 Å². The van der Waals surface area contributed by atoms with Crippen LogP contribution in [0.15, 0.2) is 71.8 Å². The van der Waals surface area contributed by atoms with Crippen molar-refractivity contribution < 1.29 is 13.0 Å². The summed E-state index contributed by atoms with van der Waals surface area (Å²) >= 11 is 0. The largest absolute Gasteiger partial charge is 0.361 e. The van der Waals surface area contributed by atoms with Crippen LogP contribution in [-0.4, -0.2) is 66.3 Å². The van der Waals surface area contributed by atoms with Crippen molar-refractivity contribution in [2.45, 2.75) is 11.8 Å². The number of nitrogens with zero attached hydrogens (tertiary/aromatic N) is 4. The molecule has 2 aliphatic heterocycles. The number of anilines is 1. The third kappa shape index (κ3) is 5.22. The molecule has 2 atom stereocenters. The SMILES string of the molecule is CN1C[C@@H]2CN(c3ccc(-c4ccc5[nH]ccc5c4)nn3)C[C@@H]2C1.Cc1ccc(S(=O)(=O)O)cc1. The Hall–Kier alpha value is -3.27. The van der Waals surface area contributed by atoms with Gasteiger partial charge in [0.25, 0.3) is 10.1 Å². The zero-order valence-electron chi connectivity index (χ0n) is 19.8. The van der Waals surface area contributed by atoms with Crippen molar-refractivity contribution in [1.82, 2.24) is 20.1 Å². The molecule has 182 valence electrons. The van der Waals surface area contributed by atoms with Gasteiger partial charge in [-0.3, -0.25) is 4.55 Å². The van der Waals surface area contributed by atoms with Crippen LogP contribution < -0.4 is 4.90 Å². The average molecular weight is 492 g/mol. The second-order valence-corrected chi connectivity index (χ2v) is 10.9. The van der Waals surface area contributed by atoms with E-state index in [2.05, 4.69) is 68.4 Å². The van der Waals surface area contributed by atoms with E-state index in [9.17, 15) is 8.42 Å². The molecule has 2 N–H and O–H groups in total. The van der Waals surface area contributed by atoms with Gasteiger partial charge in [0.05, 0.1) is 10.6 Å². The molecular weight excluding hydrogens is 462 g/mol. The maximum Gasteiger partial charge on any atom is 0.294 e. The van der Waals surface area contributed by atoms with Crippen molar-refractivity contribution in [3.63, 3.8) is 0 Å². The van der Waals surface area contributed by atoms with Crippen LogP contribution in [0.25, 0.3) is 22.2 Å². The molecule has 0 saturated carbocycles. The van der Waals surface area contributed by atoms with Gasteiger partial charge in [-0.05, 0) is 68.3 Å². The van der Waals surface area contributed by atoms with Gasteiger partial charge in [0.15, 0.2) is 5.82 Å². The lowest BCUT2D eigenvalue weighted by atomic mass is 10.0. The number of likely N-dealkylation sites (tertiary alicyclic amines) is 1. The number of rotatable bonds is 3. The Labute approximate surface area is 205 Å². The van der Waals surface area contributed by atoms with E-state index < -0.39 is 10.1 Å². The van der Waals surface area contributed by atoms with Gasteiger partial charge in [-0.1, -0.05) is 23.8 Å². The summed E-state index contributed by atoms with van der Waals surface area (Å²) in [5.74, 6) is 2.58. The standard InChI is InChI=1S/C19H21N5.C7H8O3S/c1-23-9-15-11-24(12-16(15)10-23)19-5-4-18(21-22-19)13-2-3-17-14(8-13)6-7-20-17;1-6-2-4-7(5-3-6)11(8,9)10/h2-8,15-16,20H,9-12H2,1H3;2-5H,1H3,(H,8,9,10)/t15-,16+;. The Bertz CT molecular complexity index is 1400. The normalized spacial score (nSPS) is 20.0. The Balaban J connectivity index is 0.000000195. The summed E-state index contributed by atoms with van der Waals surface area (Å²) in [5.41, 5.74) is 4.15. The minimum absolute atomic E-state index is 0.0666. The molecule has 2 saturated heterocycles. The van der Waals surface area contributed by atoms with Crippen molar-refractivity contribution in [2.75, 3.05) is 38.1 Å². The molecule has 0 bridgehead atoms. The first-order valence-corrected chi connectivity index (χ1v) is 13.1. The number of aryl methyl sites for hydroxylation is 1. The first-order chi connectivity index (χ1) is 16.8. The van der Waals surface area contributed by atoms with Gasteiger partial charge in [0.2, 0.25) is 0 Å². The zero-order chi connectivity index (χ0) is 24.6. The van der Waals surface area contributed by atoms with Crippen molar-refractivity contribution in [2.24, 2.45) is 11.8 Å². The van der Waals surface area contributed by atoms with E-state index in [1.807, 2.05) is 13.1 Å². The third-order valence-electron chi connectivity index (χ3n) is 6.81. The zero-order valence-corrected chi connectivity index (χ0v) is 20.6. The lowest BCUT2D eigenvalue weighted by Gasteiger charge is -2.19. The minimum Gasteiger partial charge on any atom is -0.361 e. The fourth-order valence-corrected chi connectivity index (χ4v) is 5.47. The van der Waals surface area contributed by atoms with E-state index in [0.29, 0.717) is 0 Å². The van der Waals surface area contributed by atoms with Gasteiger partial charge in [-0.15, -0.1) is 10.2 Å². The van der Waals surface area contributed by atoms with Crippen molar-refractivity contribution in [3.05, 3.63) is 72.4 Å². The monoisotopic (exact) mass is 491 g/mol. The number of fused-ring (bicyclic) bond motifs is 2. The molecule has 2 aliphatic rings. The molecule has 0 spiro atoms. The van der Waals surface area contributed by atoms with E-state index in [0.717, 1.165) is 53.1 Å². The Morgan fingerprint density at radius 1 is 0.914 bits per heavy atom. The highest BCUT2D eigenvalue weighted by Crippen LogP contribution is 2.32. The molecular formula is C26H29N5O3S. The molecule has 35 heavy (non-hydrogen) atoms. The van der Waals surface area contributed by atoms with E-state index in [1.54, 1.807) is 12.1 Å². The van der Waals surface area contributed by atoms with Gasteiger partial charge in [0.1, 0.15) is 0 Å². The summed E-state index contributed by atoms with van der Waals surface area (Å²) in [5, 5.41) is 10.2. The van der Waals surface area contributed by atoms with E-state index in [1.165, 1.54) is 30.6 Å². The van der Waals surface area contributed by atoms with Gasteiger partial charge in [-0.2, -0.15) is 8.42 Å². The highest BCUT2D eigenvalue weighted by atomic mass is 32.2. The summed E-state index contributed by atoms with van der Waals surface area (Å²) in [7, 11) is -1.80. The first kappa shape index (κ1) is 23.5. The molecule has 0 unspecified atom stereocenters. The fraction of sp³-hybridized carbons (Fsp3) is 0.308. The number of aromatic amines is 1. The van der Waals surface area contributed by atoms with Gasteiger partial charge in [-0.25, -0.2) is 0 Å². The Kier molecular flexibility index (Phi) is 6.31. The minimum atomic E-state index is -4.02. The molecule has 2 aromatic heterocycles. The summed E-state index contributed by atoms with van der Waals surface area (Å²) in [4.78, 5) is 7.99. The number of benzene rings is 2. The quantitative estimate of drug-likeness (QED) is 0.420. The van der Waals surface area contributed by atoms with Crippen molar-refractivity contribution in [3.8, 4) is 11.3 Å². The van der Waals surface area contributed by atoms with Gasteiger partial charge >= 0.3 is 0 Å². The van der Waals surface area contributed by atoms with Crippen LogP contribution in [0.1, 0.15) is 5.56 Å². The van der Waals surface area contributed by atoms with Crippen LogP contribution in [0.3, 0.4) is 0 Å². The van der Waals surface area contributed by atoms with E-state index >= 15 is 0 Å². The molecule has 4 heterocycles. The highest BCUT2D eigenvalue weighted by Gasteiger charge is 2.39. The lowest BCUT2D eigenvalue weighted by Crippen LogP contribution is -2.27. The lowest BCUT2D eigenvalue weighted by molar-refractivity contribution is 0.387. The van der Waals surface area contributed by atoms with Gasteiger partial charge in [0, 0.05) is 48.8 Å². The second kappa shape index (κ2) is 9.41. The molecule has 4 aromatic rings. The molecule has 0 aliphatic carbocycles. The summed E-state index contributed by atoms with van der Waals surface area (Å²) in [6, 6.07) is 18.6. The van der Waals surface area contributed by atoms with E-state index in [4.69, 9.17) is 4.55 Å². The molecule has 2 fully saturated rings. The number of nitrogens with one attached hydrogen (secondary N) is 1. The molecule has 0 radical (unpaired) electrons.